The van der Waals surface area contributed by atoms with Crippen molar-refractivity contribution in [3.63, 3.8) is 0 Å². The molecule has 0 amide bonds. The highest BCUT2D eigenvalue weighted by Crippen LogP contribution is 2.17. The highest BCUT2D eigenvalue weighted by atomic mass is 19.1. The molecule has 1 N–H and O–H groups in total. The van der Waals surface area contributed by atoms with E-state index in [1.165, 1.54) is 19.2 Å². The second-order valence-electron chi connectivity index (χ2n) is 3.81. The van der Waals surface area contributed by atoms with Gasteiger partial charge < -0.3 is 10.1 Å². The van der Waals surface area contributed by atoms with Crippen molar-refractivity contribution < 1.29 is 13.9 Å². The van der Waals surface area contributed by atoms with Crippen LogP contribution in [-0.4, -0.2) is 23.0 Å². The van der Waals surface area contributed by atoms with Crippen LogP contribution in [0.15, 0.2) is 30.3 Å². The molecule has 1 aromatic heterocycles. The Labute approximate surface area is 109 Å². The molecule has 2 aromatic rings. The van der Waals surface area contributed by atoms with E-state index in [-0.39, 0.29) is 17.3 Å². The first kappa shape index (κ1) is 12.9. The van der Waals surface area contributed by atoms with Gasteiger partial charge in [-0.2, -0.15) is 0 Å². The molecule has 5 nitrogen and oxygen atoms in total. The maximum atomic E-state index is 13.5. The van der Waals surface area contributed by atoms with E-state index < -0.39 is 11.8 Å². The van der Waals surface area contributed by atoms with Crippen LogP contribution in [0.25, 0.3) is 0 Å². The lowest BCUT2D eigenvalue weighted by Crippen LogP contribution is -2.09. The fraction of sp³-hybridized carbons (Fsp3) is 0.154. The summed E-state index contributed by atoms with van der Waals surface area (Å²) in [6, 6.07) is 7.64. The van der Waals surface area contributed by atoms with Gasteiger partial charge in [-0.15, -0.1) is 0 Å². The number of aryl methyl sites for hydroxylation is 1. The first-order valence-corrected chi connectivity index (χ1v) is 5.55. The molecule has 1 heterocycles. The van der Waals surface area contributed by atoms with Gasteiger partial charge in [0.25, 0.3) is 0 Å². The predicted octanol–water partition coefficient (Wildman–Crippen LogP) is 2.45. The molecule has 6 heteroatoms. The zero-order valence-corrected chi connectivity index (χ0v) is 10.5. The number of benzene rings is 1. The molecule has 98 valence electrons. The topological polar surface area (TPSA) is 64.1 Å². The predicted molar refractivity (Wildman–Crippen MR) is 67.8 cm³/mol. The van der Waals surface area contributed by atoms with Crippen molar-refractivity contribution in [1.29, 1.82) is 0 Å². The SMILES string of the molecule is COC(=O)c1cc(C)nc(Nc2ccccc2F)n1. The molecule has 0 aliphatic carbocycles. The van der Waals surface area contributed by atoms with Crippen molar-refractivity contribution in [3.8, 4) is 0 Å². The van der Waals surface area contributed by atoms with Gasteiger partial charge in [-0.1, -0.05) is 12.1 Å². The zero-order valence-electron chi connectivity index (χ0n) is 10.5. The summed E-state index contributed by atoms with van der Waals surface area (Å²) in [5, 5.41) is 2.73. The summed E-state index contributed by atoms with van der Waals surface area (Å²) in [5.41, 5.74) is 0.937. The second-order valence-corrected chi connectivity index (χ2v) is 3.81. The summed E-state index contributed by atoms with van der Waals surface area (Å²) < 4.78 is 18.1. The summed E-state index contributed by atoms with van der Waals surface area (Å²) in [4.78, 5) is 19.5. The maximum Gasteiger partial charge on any atom is 0.356 e. The van der Waals surface area contributed by atoms with E-state index in [0.29, 0.717) is 5.69 Å². The average molecular weight is 261 g/mol. The van der Waals surface area contributed by atoms with Crippen molar-refractivity contribution in [2.45, 2.75) is 6.92 Å². The van der Waals surface area contributed by atoms with Gasteiger partial charge in [-0.25, -0.2) is 19.2 Å². The fourth-order valence-corrected chi connectivity index (χ4v) is 1.52. The Morgan fingerprint density at radius 3 is 2.74 bits per heavy atom. The highest BCUT2D eigenvalue weighted by molar-refractivity contribution is 5.87. The Morgan fingerprint density at radius 2 is 2.05 bits per heavy atom. The van der Waals surface area contributed by atoms with Gasteiger partial charge in [-0.3, -0.25) is 0 Å². The zero-order chi connectivity index (χ0) is 13.8. The van der Waals surface area contributed by atoms with Crippen molar-refractivity contribution in [2.75, 3.05) is 12.4 Å². The largest absolute Gasteiger partial charge is 0.464 e. The number of carbonyl (C=O) groups excluding carboxylic acids is 1. The Hall–Kier alpha value is -2.50. The molecule has 19 heavy (non-hydrogen) atoms. The third kappa shape index (κ3) is 3.04. The van der Waals surface area contributed by atoms with E-state index in [9.17, 15) is 9.18 Å². The molecule has 0 bridgehead atoms. The van der Waals surface area contributed by atoms with Crippen LogP contribution in [0.5, 0.6) is 0 Å². The summed E-state index contributed by atoms with van der Waals surface area (Å²) >= 11 is 0. The minimum absolute atomic E-state index is 0.119. The Morgan fingerprint density at radius 1 is 1.32 bits per heavy atom. The molecule has 0 radical (unpaired) electrons. The standard InChI is InChI=1S/C13H12FN3O2/c1-8-7-11(12(18)19-2)17-13(15-8)16-10-6-4-3-5-9(10)14/h3-7H,1-2H3,(H,15,16,17). The van der Waals surface area contributed by atoms with Crippen molar-refractivity contribution in [2.24, 2.45) is 0 Å². The van der Waals surface area contributed by atoms with Crippen LogP contribution in [0.1, 0.15) is 16.2 Å². The van der Waals surface area contributed by atoms with Gasteiger partial charge in [0.1, 0.15) is 5.82 Å². The third-order valence-corrected chi connectivity index (χ3v) is 2.37. The van der Waals surface area contributed by atoms with Crippen molar-refractivity contribution >= 4 is 17.6 Å². The van der Waals surface area contributed by atoms with E-state index in [2.05, 4.69) is 20.0 Å². The lowest BCUT2D eigenvalue weighted by Gasteiger charge is -2.07. The van der Waals surface area contributed by atoms with Crippen LogP contribution in [0.4, 0.5) is 16.0 Å². The molecule has 0 aliphatic heterocycles. The number of ether oxygens (including phenoxy) is 1. The molecule has 0 atom stereocenters. The lowest BCUT2D eigenvalue weighted by atomic mass is 10.3. The number of nitrogens with one attached hydrogen (secondary N) is 1. The van der Waals surface area contributed by atoms with E-state index in [1.54, 1.807) is 25.1 Å². The van der Waals surface area contributed by atoms with Gasteiger partial charge >= 0.3 is 5.97 Å². The van der Waals surface area contributed by atoms with Crippen molar-refractivity contribution in [1.82, 2.24) is 9.97 Å². The highest BCUT2D eigenvalue weighted by Gasteiger charge is 2.11. The molecule has 0 fully saturated rings. The number of carbonyl (C=O) groups is 1. The number of aromatic nitrogens is 2. The van der Waals surface area contributed by atoms with Crippen LogP contribution in [0.3, 0.4) is 0 Å². The van der Waals surface area contributed by atoms with Crippen LogP contribution in [0.2, 0.25) is 0 Å². The Bertz CT molecular complexity index is 617. The molecule has 0 saturated carbocycles. The third-order valence-electron chi connectivity index (χ3n) is 2.37. The summed E-state index contributed by atoms with van der Waals surface area (Å²) in [7, 11) is 1.27. The minimum atomic E-state index is -0.568. The number of hydrogen-bond donors (Lipinski definition) is 1. The normalized spacial score (nSPS) is 10.1. The number of rotatable bonds is 3. The molecule has 2 rings (SSSR count). The first-order valence-electron chi connectivity index (χ1n) is 5.55. The van der Waals surface area contributed by atoms with E-state index in [4.69, 9.17) is 0 Å². The minimum Gasteiger partial charge on any atom is -0.464 e. The van der Waals surface area contributed by atoms with Crippen LogP contribution >= 0.6 is 0 Å². The number of para-hydroxylation sites is 1. The fourth-order valence-electron chi connectivity index (χ4n) is 1.52. The van der Waals surface area contributed by atoms with E-state index in [0.717, 1.165) is 0 Å². The van der Waals surface area contributed by atoms with Gasteiger partial charge in [0.05, 0.1) is 12.8 Å². The number of anilines is 2. The first-order chi connectivity index (χ1) is 9.10. The molecule has 1 aromatic carbocycles. The van der Waals surface area contributed by atoms with Gasteiger partial charge in [-0.05, 0) is 25.1 Å². The van der Waals surface area contributed by atoms with Gasteiger partial charge in [0.2, 0.25) is 5.95 Å². The number of esters is 1. The van der Waals surface area contributed by atoms with Crippen LogP contribution in [-0.2, 0) is 4.74 Å². The number of halogens is 1. The van der Waals surface area contributed by atoms with Gasteiger partial charge in [0, 0.05) is 5.69 Å². The molecule has 0 aliphatic rings. The van der Waals surface area contributed by atoms with Crippen LogP contribution < -0.4 is 5.32 Å². The average Bonchev–Trinajstić information content (AvgIpc) is 2.40. The number of methoxy groups -OCH3 is 1. The second kappa shape index (κ2) is 5.43. The summed E-state index contributed by atoms with van der Waals surface area (Å²) in [5.74, 6) is -0.847. The molecule has 0 unspecified atom stereocenters. The lowest BCUT2D eigenvalue weighted by molar-refractivity contribution is 0.0594. The molecular formula is C13H12FN3O2. The smallest absolute Gasteiger partial charge is 0.356 e. The summed E-state index contributed by atoms with van der Waals surface area (Å²) in [6.45, 7) is 1.71. The molecule has 0 spiro atoms. The van der Waals surface area contributed by atoms with Crippen LogP contribution in [0, 0.1) is 12.7 Å². The van der Waals surface area contributed by atoms with Gasteiger partial charge in [0.15, 0.2) is 5.69 Å². The molecular weight excluding hydrogens is 249 g/mol. The van der Waals surface area contributed by atoms with E-state index in [1.807, 2.05) is 0 Å². The Balaban J connectivity index is 2.33. The number of hydrogen-bond acceptors (Lipinski definition) is 5. The quantitative estimate of drug-likeness (QED) is 0.860. The maximum absolute atomic E-state index is 13.5. The number of nitrogens with zero attached hydrogens (tertiary/aromatic N) is 2. The molecule has 0 saturated heterocycles. The summed E-state index contributed by atoms with van der Waals surface area (Å²) in [6.07, 6.45) is 0. The monoisotopic (exact) mass is 261 g/mol. The van der Waals surface area contributed by atoms with E-state index >= 15 is 0 Å². The Kier molecular flexibility index (Phi) is 3.70. The van der Waals surface area contributed by atoms with Crippen molar-refractivity contribution in [3.05, 3.63) is 47.5 Å².